The number of halogens is 1. The van der Waals surface area contributed by atoms with Crippen molar-refractivity contribution in [2.45, 2.75) is 6.42 Å². The molecule has 0 radical (unpaired) electrons. The molecule has 54 heavy (non-hydrogen) atoms. The van der Waals surface area contributed by atoms with E-state index >= 15 is 4.39 Å². The molecule has 1 fully saturated rings. The lowest BCUT2D eigenvalue weighted by molar-refractivity contribution is -0.113. The van der Waals surface area contributed by atoms with Crippen LogP contribution in [0, 0.1) is 5.82 Å². The summed E-state index contributed by atoms with van der Waals surface area (Å²) >= 11 is 0. The van der Waals surface area contributed by atoms with Gasteiger partial charge in [-0.1, -0.05) is 24.3 Å². The Morgan fingerprint density at radius 2 is 1.22 bits per heavy atom. The number of H-pyrrole nitrogens is 1. The van der Waals surface area contributed by atoms with Crippen molar-refractivity contribution < 1.29 is 42.4 Å². The predicted octanol–water partition coefficient (Wildman–Crippen LogP) is 5.90. The quantitative estimate of drug-likeness (QED) is 0.163. The number of nitrogens with zero attached hydrogens (tertiary/aromatic N) is 2. The first-order valence-electron chi connectivity index (χ1n) is 16.7. The fourth-order valence-electron chi connectivity index (χ4n) is 6.47. The zero-order valence-electron chi connectivity index (χ0n) is 30.6. The number of amides is 1. The standard InChI is InChI=1S/C41H38FN3O9/c1-49-33-17-24(18-34(50-2)38(33)53-5)13-26-21-45(22-27(37(26)46)14-25-19-35(51-3)39(54-6)36(20-25)52-4)41(48)30-15-23(11-12-31(30)42)16-32-28-9-7-8-10-29(28)40(47)44-43-32/h7-15,17-20H,16,21-22H2,1-6H3,(H,44,47)/b26-13+,27-14+. The number of carbonyl (C=O) groups excluding carboxylic acids is 2. The SMILES string of the molecule is COc1cc(/C=C2\CN(C(=O)c3cc(Cc4n[nH]c(=O)c5ccccc45)ccc3F)C/C(=C\c3cc(OC)c(OC)c(OC)c3)C2=O)cc(OC)c1OC. The molecule has 0 aliphatic carbocycles. The van der Waals surface area contributed by atoms with Crippen molar-refractivity contribution in [2.24, 2.45) is 0 Å². The third kappa shape index (κ3) is 7.33. The number of rotatable bonds is 11. The molecule has 6 rings (SSSR count). The van der Waals surface area contributed by atoms with Gasteiger partial charge in [-0.05, 0) is 71.3 Å². The molecule has 2 heterocycles. The topological polar surface area (TPSA) is 139 Å². The number of benzene rings is 4. The number of ketones is 1. The molecule has 0 spiro atoms. The summed E-state index contributed by atoms with van der Waals surface area (Å²) in [6.45, 7) is -0.257. The third-order valence-electron chi connectivity index (χ3n) is 9.06. The second kappa shape index (κ2) is 15.9. The van der Waals surface area contributed by atoms with Crippen LogP contribution in [-0.4, -0.2) is 82.5 Å². The molecule has 278 valence electrons. The van der Waals surface area contributed by atoms with Crippen LogP contribution in [0.1, 0.15) is 32.7 Å². The highest BCUT2D eigenvalue weighted by Crippen LogP contribution is 2.40. The Morgan fingerprint density at radius 3 is 1.70 bits per heavy atom. The Hall–Kier alpha value is -6.63. The minimum absolute atomic E-state index is 0.128. The lowest BCUT2D eigenvalue weighted by atomic mass is 9.93. The number of nitrogens with one attached hydrogen (secondary N) is 1. The molecule has 0 atom stereocenters. The van der Waals surface area contributed by atoms with Crippen molar-refractivity contribution in [3.05, 3.63) is 122 Å². The van der Waals surface area contributed by atoms with Crippen molar-refractivity contribution in [2.75, 3.05) is 55.7 Å². The average molecular weight is 736 g/mol. The molecule has 0 bridgehead atoms. The predicted molar refractivity (Wildman–Crippen MR) is 201 cm³/mol. The molecule has 4 aromatic carbocycles. The molecular weight excluding hydrogens is 697 g/mol. The number of aromatic nitrogens is 2. The van der Waals surface area contributed by atoms with Crippen molar-refractivity contribution in [1.29, 1.82) is 0 Å². The number of hydrogen-bond donors (Lipinski definition) is 1. The zero-order valence-corrected chi connectivity index (χ0v) is 30.6. The van der Waals surface area contributed by atoms with Crippen LogP contribution in [-0.2, 0) is 11.2 Å². The van der Waals surface area contributed by atoms with Gasteiger partial charge in [0.05, 0.1) is 72.4 Å². The Balaban J connectivity index is 1.43. The smallest absolute Gasteiger partial charge is 0.272 e. The van der Waals surface area contributed by atoms with E-state index in [0.29, 0.717) is 67.7 Å². The molecule has 1 aromatic heterocycles. The van der Waals surface area contributed by atoms with E-state index in [1.54, 1.807) is 66.7 Å². The number of likely N-dealkylation sites (tertiary alicyclic amines) is 1. The van der Waals surface area contributed by atoms with E-state index in [-0.39, 0.29) is 47.6 Å². The maximum absolute atomic E-state index is 15.6. The van der Waals surface area contributed by atoms with Crippen LogP contribution >= 0.6 is 0 Å². The van der Waals surface area contributed by atoms with Crippen LogP contribution in [0.5, 0.6) is 34.5 Å². The molecule has 1 saturated heterocycles. The van der Waals surface area contributed by atoms with Crippen LogP contribution in [0.4, 0.5) is 4.39 Å². The van der Waals surface area contributed by atoms with E-state index in [1.165, 1.54) is 59.7 Å². The molecule has 1 aliphatic rings. The highest BCUT2D eigenvalue weighted by molar-refractivity contribution is 6.16. The summed E-state index contributed by atoms with van der Waals surface area (Å²) in [5.74, 6) is 0.543. The van der Waals surface area contributed by atoms with E-state index in [9.17, 15) is 14.4 Å². The van der Waals surface area contributed by atoms with Gasteiger partial charge in [0.2, 0.25) is 11.5 Å². The molecule has 0 unspecified atom stereocenters. The number of hydrogen-bond acceptors (Lipinski definition) is 10. The van der Waals surface area contributed by atoms with E-state index in [0.717, 1.165) is 0 Å². The second-order valence-electron chi connectivity index (χ2n) is 12.3. The van der Waals surface area contributed by atoms with Crippen LogP contribution in [0.15, 0.2) is 82.7 Å². The van der Waals surface area contributed by atoms with E-state index in [4.69, 9.17) is 28.4 Å². The van der Waals surface area contributed by atoms with Gasteiger partial charge in [-0.25, -0.2) is 9.49 Å². The van der Waals surface area contributed by atoms with Crippen LogP contribution < -0.4 is 34.0 Å². The molecule has 0 saturated carbocycles. The summed E-state index contributed by atoms with van der Waals surface area (Å²) < 4.78 is 48.6. The third-order valence-corrected chi connectivity index (χ3v) is 9.06. The minimum Gasteiger partial charge on any atom is -0.493 e. The summed E-state index contributed by atoms with van der Waals surface area (Å²) in [5, 5.41) is 7.87. The normalized spacial score (nSPS) is 14.4. The molecule has 12 nitrogen and oxygen atoms in total. The van der Waals surface area contributed by atoms with Gasteiger partial charge in [-0.3, -0.25) is 14.4 Å². The Kier molecular flexibility index (Phi) is 11.0. The van der Waals surface area contributed by atoms with Gasteiger partial charge >= 0.3 is 0 Å². The van der Waals surface area contributed by atoms with E-state index < -0.39 is 11.7 Å². The Morgan fingerprint density at radius 1 is 0.722 bits per heavy atom. The molecule has 1 aliphatic heterocycles. The number of ether oxygens (including phenoxy) is 6. The number of aromatic amines is 1. The first kappa shape index (κ1) is 37.1. The molecule has 13 heteroatoms. The van der Waals surface area contributed by atoms with Gasteiger partial charge in [-0.2, -0.15) is 5.10 Å². The highest BCUT2D eigenvalue weighted by Gasteiger charge is 2.31. The lowest BCUT2D eigenvalue weighted by Crippen LogP contribution is -2.42. The van der Waals surface area contributed by atoms with Gasteiger partial charge in [0.1, 0.15) is 5.82 Å². The zero-order chi connectivity index (χ0) is 38.5. The first-order valence-corrected chi connectivity index (χ1v) is 16.7. The van der Waals surface area contributed by atoms with Crippen LogP contribution in [0.2, 0.25) is 0 Å². The second-order valence-corrected chi connectivity index (χ2v) is 12.3. The maximum atomic E-state index is 15.6. The average Bonchev–Trinajstić information content (AvgIpc) is 3.19. The fraction of sp³-hybridized carbons (Fsp3) is 0.220. The van der Waals surface area contributed by atoms with Gasteiger partial charge in [-0.15, -0.1) is 0 Å². The first-order chi connectivity index (χ1) is 26.1. The largest absolute Gasteiger partial charge is 0.493 e. The van der Waals surface area contributed by atoms with Gasteiger partial charge in [0.25, 0.3) is 11.5 Å². The number of Topliss-reactive ketones (excluding diaryl/α,β-unsaturated/α-hetero) is 1. The lowest BCUT2D eigenvalue weighted by Gasteiger charge is -2.30. The van der Waals surface area contributed by atoms with Crippen LogP contribution in [0.3, 0.4) is 0 Å². The number of methoxy groups -OCH3 is 6. The summed E-state index contributed by atoms with van der Waals surface area (Å²) in [6, 6.07) is 18.0. The van der Waals surface area contributed by atoms with Gasteiger partial charge in [0, 0.05) is 23.0 Å². The van der Waals surface area contributed by atoms with Crippen molar-refractivity contribution in [3.8, 4) is 34.5 Å². The highest BCUT2D eigenvalue weighted by atomic mass is 19.1. The Bertz CT molecular complexity index is 2250. The minimum atomic E-state index is -0.731. The van der Waals surface area contributed by atoms with E-state index in [2.05, 4.69) is 10.2 Å². The number of piperidine rings is 1. The molecular formula is C41H38FN3O9. The summed E-state index contributed by atoms with van der Waals surface area (Å²) in [7, 11) is 8.91. The van der Waals surface area contributed by atoms with Crippen LogP contribution in [0.25, 0.3) is 22.9 Å². The van der Waals surface area contributed by atoms with Crippen molar-refractivity contribution >= 4 is 34.6 Å². The summed E-state index contributed by atoms with van der Waals surface area (Å²) in [5.41, 5.74) is 2.24. The molecule has 5 aromatic rings. The fourth-order valence-corrected chi connectivity index (χ4v) is 6.47. The van der Waals surface area contributed by atoms with E-state index in [1.807, 2.05) is 0 Å². The molecule has 1 amide bonds. The molecule has 1 N–H and O–H groups in total. The summed E-state index contributed by atoms with van der Waals surface area (Å²) in [4.78, 5) is 42.3. The maximum Gasteiger partial charge on any atom is 0.272 e. The van der Waals surface area contributed by atoms with Crippen molar-refractivity contribution in [1.82, 2.24) is 15.1 Å². The van der Waals surface area contributed by atoms with Gasteiger partial charge < -0.3 is 33.3 Å². The summed E-state index contributed by atoms with van der Waals surface area (Å²) in [6.07, 6.45) is 3.49. The number of fused-ring (bicyclic) bond motifs is 1. The monoisotopic (exact) mass is 735 g/mol. The Labute approximate surface area is 310 Å². The van der Waals surface area contributed by atoms with Crippen molar-refractivity contribution in [3.63, 3.8) is 0 Å². The number of carbonyl (C=O) groups is 2. The van der Waals surface area contributed by atoms with Gasteiger partial charge in [0.15, 0.2) is 28.8 Å².